The zero-order valence-electron chi connectivity index (χ0n) is 14.5. The summed E-state index contributed by atoms with van der Waals surface area (Å²) in [5, 5.41) is 1.47. The molecule has 0 spiro atoms. The number of aromatic nitrogens is 1. The maximum Gasteiger partial charge on any atom is 0.0491 e. The predicted molar refractivity (Wildman–Crippen MR) is 94.8 cm³/mol. The van der Waals surface area contributed by atoms with E-state index in [9.17, 15) is 0 Å². The highest BCUT2D eigenvalue weighted by Gasteiger charge is 2.15. The molecule has 0 amide bonds. The van der Waals surface area contributed by atoms with Crippen LogP contribution in [0.25, 0.3) is 10.9 Å². The molecule has 2 heterocycles. The van der Waals surface area contributed by atoms with Crippen LogP contribution >= 0.6 is 0 Å². The van der Waals surface area contributed by atoms with Gasteiger partial charge >= 0.3 is 0 Å². The van der Waals surface area contributed by atoms with Crippen molar-refractivity contribution in [2.75, 3.05) is 39.8 Å². The summed E-state index contributed by atoms with van der Waals surface area (Å²) in [6.07, 6.45) is 2.44. The first-order valence-electron chi connectivity index (χ1n) is 8.54. The molecule has 0 atom stereocenters. The highest BCUT2D eigenvalue weighted by atomic mass is 15.2. The summed E-state index contributed by atoms with van der Waals surface area (Å²) in [7, 11) is 2.22. The van der Waals surface area contributed by atoms with Crippen molar-refractivity contribution in [3.05, 3.63) is 34.5 Å². The number of rotatable bonds is 4. The zero-order chi connectivity index (χ0) is 15.7. The normalized spacial score (nSPS) is 17.5. The molecule has 1 aromatic carbocycles. The molecular formula is C19H29N3. The van der Waals surface area contributed by atoms with Gasteiger partial charge in [-0.25, -0.2) is 0 Å². The Morgan fingerprint density at radius 2 is 1.68 bits per heavy atom. The lowest BCUT2D eigenvalue weighted by Crippen LogP contribution is -2.44. The summed E-state index contributed by atoms with van der Waals surface area (Å²) in [4.78, 5) is 8.65. The van der Waals surface area contributed by atoms with E-state index < -0.39 is 0 Å². The van der Waals surface area contributed by atoms with Crippen LogP contribution in [-0.4, -0.2) is 54.6 Å². The van der Waals surface area contributed by atoms with Crippen molar-refractivity contribution in [3.8, 4) is 0 Å². The van der Waals surface area contributed by atoms with Gasteiger partial charge in [0.25, 0.3) is 0 Å². The third-order valence-electron chi connectivity index (χ3n) is 5.19. The predicted octanol–water partition coefficient (Wildman–Crippen LogP) is 3.27. The third-order valence-corrected chi connectivity index (χ3v) is 5.19. The number of H-pyrrole nitrogens is 1. The Hall–Kier alpha value is -1.32. The number of hydrogen-bond donors (Lipinski definition) is 1. The van der Waals surface area contributed by atoms with E-state index in [1.165, 1.54) is 78.9 Å². The monoisotopic (exact) mass is 299 g/mol. The van der Waals surface area contributed by atoms with Gasteiger partial charge in [0.2, 0.25) is 0 Å². The number of likely N-dealkylation sites (N-methyl/N-ethyl adjacent to an activating group) is 1. The first kappa shape index (κ1) is 15.6. The van der Waals surface area contributed by atoms with Crippen LogP contribution in [0.3, 0.4) is 0 Å². The van der Waals surface area contributed by atoms with E-state index in [4.69, 9.17) is 0 Å². The molecule has 3 rings (SSSR count). The number of hydrogen-bond acceptors (Lipinski definition) is 2. The fraction of sp³-hybridized carbons (Fsp3) is 0.579. The molecule has 3 nitrogen and oxygen atoms in total. The Morgan fingerprint density at radius 3 is 2.41 bits per heavy atom. The Kier molecular flexibility index (Phi) is 4.55. The van der Waals surface area contributed by atoms with Crippen molar-refractivity contribution >= 4 is 10.9 Å². The lowest BCUT2D eigenvalue weighted by molar-refractivity contribution is 0.153. The molecule has 1 aliphatic rings. The van der Waals surface area contributed by atoms with Crippen LogP contribution in [0.1, 0.15) is 28.8 Å². The summed E-state index contributed by atoms with van der Waals surface area (Å²) < 4.78 is 0. The molecule has 1 saturated heterocycles. The van der Waals surface area contributed by atoms with Crippen molar-refractivity contribution in [3.63, 3.8) is 0 Å². The van der Waals surface area contributed by atoms with Gasteiger partial charge in [-0.15, -0.1) is 0 Å². The molecule has 0 aliphatic carbocycles. The van der Waals surface area contributed by atoms with Crippen LogP contribution in [-0.2, 0) is 6.42 Å². The Balaban J connectivity index is 1.69. The molecule has 1 N–H and O–H groups in total. The molecule has 0 radical (unpaired) electrons. The van der Waals surface area contributed by atoms with Gasteiger partial charge in [-0.1, -0.05) is 12.1 Å². The summed E-state index contributed by atoms with van der Waals surface area (Å²) >= 11 is 0. The van der Waals surface area contributed by atoms with Crippen LogP contribution < -0.4 is 0 Å². The topological polar surface area (TPSA) is 22.3 Å². The summed E-state index contributed by atoms with van der Waals surface area (Å²) in [6.45, 7) is 12.8. The maximum absolute atomic E-state index is 3.61. The fourth-order valence-corrected chi connectivity index (χ4v) is 3.67. The van der Waals surface area contributed by atoms with E-state index in [0.29, 0.717) is 0 Å². The van der Waals surface area contributed by atoms with E-state index in [1.54, 1.807) is 0 Å². The second kappa shape index (κ2) is 6.43. The van der Waals surface area contributed by atoms with Crippen molar-refractivity contribution in [1.29, 1.82) is 0 Å². The molecule has 2 aromatic rings. The van der Waals surface area contributed by atoms with Crippen LogP contribution in [0.2, 0.25) is 0 Å². The SMILES string of the molecule is Cc1[nH]c2c(C)ccc(C)c2c1CCCN1CCN(C)CC1. The Labute approximate surface area is 134 Å². The van der Waals surface area contributed by atoms with Gasteiger partial charge in [0, 0.05) is 42.8 Å². The molecule has 1 aromatic heterocycles. The maximum atomic E-state index is 3.61. The molecule has 120 valence electrons. The van der Waals surface area contributed by atoms with Gasteiger partial charge < -0.3 is 14.8 Å². The highest BCUT2D eigenvalue weighted by Crippen LogP contribution is 2.28. The number of benzene rings is 1. The number of aromatic amines is 1. The van der Waals surface area contributed by atoms with E-state index in [0.717, 1.165) is 0 Å². The van der Waals surface area contributed by atoms with Gasteiger partial charge in [-0.05, 0) is 63.9 Å². The van der Waals surface area contributed by atoms with Gasteiger partial charge in [-0.3, -0.25) is 0 Å². The number of piperazine rings is 1. The van der Waals surface area contributed by atoms with E-state index in [-0.39, 0.29) is 0 Å². The van der Waals surface area contributed by atoms with Crippen molar-refractivity contribution in [2.24, 2.45) is 0 Å². The fourth-order valence-electron chi connectivity index (χ4n) is 3.67. The number of nitrogens with one attached hydrogen (secondary N) is 1. The number of nitrogens with zero attached hydrogens (tertiary/aromatic N) is 2. The molecule has 22 heavy (non-hydrogen) atoms. The van der Waals surface area contributed by atoms with Gasteiger partial charge in [0.15, 0.2) is 0 Å². The lowest BCUT2D eigenvalue weighted by Gasteiger charge is -2.32. The lowest BCUT2D eigenvalue weighted by atomic mass is 10.00. The van der Waals surface area contributed by atoms with Crippen molar-refractivity contribution < 1.29 is 0 Å². The molecule has 1 fully saturated rings. The summed E-state index contributed by atoms with van der Waals surface area (Å²) in [6, 6.07) is 4.48. The first-order valence-corrected chi connectivity index (χ1v) is 8.54. The van der Waals surface area contributed by atoms with Crippen LogP contribution in [0, 0.1) is 20.8 Å². The standard InChI is InChI=1S/C19H29N3/c1-14-7-8-15(2)19-18(14)17(16(3)20-19)6-5-9-22-12-10-21(4)11-13-22/h7-8,20H,5-6,9-13H2,1-4H3. The average molecular weight is 299 g/mol. The minimum Gasteiger partial charge on any atom is -0.358 e. The molecule has 3 heteroatoms. The molecule has 0 bridgehead atoms. The molecule has 1 aliphatic heterocycles. The average Bonchev–Trinajstić information content (AvgIpc) is 2.83. The van der Waals surface area contributed by atoms with E-state index in [2.05, 4.69) is 54.7 Å². The Bertz CT molecular complexity index is 648. The smallest absolute Gasteiger partial charge is 0.0491 e. The van der Waals surface area contributed by atoms with E-state index >= 15 is 0 Å². The highest BCUT2D eigenvalue weighted by molar-refractivity contribution is 5.90. The third kappa shape index (κ3) is 3.06. The van der Waals surface area contributed by atoms with Gasteiger partial charge in [0.05, 0.1) is 0 Å². The zero-order valence-corrected chi connectivity index (χ0v) is 14.5. The largest absolute Gasteiger partial charge is 0.358 e. The van der Waals surface area contributed by atoms with Crippen LogP contribution in [0.4, 0.5) is 0 Å². The van der Waals surface area contributed by atoms with Crippen LogP contribution in [0.15, 0.2) is 12.1 Å². The first-order chi connectivity index (χ1) is 10.6. The minimum absolute atomic E-state index is 1.18. The van der Waals surface area contributed by atoms with Crippen LogP contribution in [0.5, 0.6) is 0 Å². The quantitative estimate of drug-likeness (QED) is 0.936. The second-order valence-corrected chi connectivity index (χ2v) is 6.93. The Morgan fingerprint density at radius 1 is 1.00 bits per heavy atom. The van der Waals surface area contributed by atoms with Gasteiger partial charge in [0.1, 0.15) is 0 Å². The van der Waals surface area contributed by atoms with E-state index in [1.807, 2.05) is 0 Å². The number of fused-ring (bicyclic) bond motifs is 1. The summed E-state index contributed by atoms with van der Waals surface area (Å²) in [5.41, 5.74) is 6.98. The minimum atomic E-state index is 1.18. The molecule has 0 saturated carbocycles. The molecular weight excluding hydrogens is 270 g/mol. The number of aryl methyl sites for hydroxylation is 4. The second-order valence-electron chi connectivity index (χ2n) is 6.93. The van der Waals surface area contributed by atoms with Crippen molar-refractivity contribution in [2.45, 2.75) is 33.6 Å². The molecule has 0 unspecified atom stereocenters. The summed E-state index contributed by atoms with van der Waals surface area (Å²) in [5.74, 6) is 0. The van der Waals surface area contributed by atoms with Gasteiger partial charge in [-0.2, -0.15) is 0 Å². The van der Waals surface area contributed by atoms with Crippen molar-refractivity contribution in [1.82, 2.24) is 14.8 Å².